The van der Waals surface area contributed by atoms with Crippen LogP contribution in [0.15, 0.2) is 42.5 Å². The van der Waals surface area contributed by atoms with Gasteiger partial charge in [0, 0.05) is 17.3 Å². The molecule has 0 saturated carbocycles. The molecule has 0 aliphatic carbocycles. The third-order valence-corrected chi connectivity index (χ3v) is 3.37. The molecule has 0 radical (unpaired) electrons. The number of carboxylic acid groups (broad SMARTS) is 1. The third kappa shape index (κ3) is 4.38. The number of anilines is 1. The Balaban J connectivity index is 2.09. The highest BCUT2D eigenvalue weighted by molar-refractivity contribution is 6.42. The molecule has 22 heavy (non-hydrogen) atoms. The minimum absolute atomic E-state index is 0.278. The molecule has 0 aliphatic rings. The van der Waals surface area contributed by atoms with E-state index in [-0.39, 0.29) is 10.9 Å². The van der Waals surface area contributed by atoms with Crippen LogP contribution in [0.2, 0.25) is 10.0 Å². The van der Waals surface area contributed by atoms with Gasteiger partial charge < -0.3 is 20.0 Å². The zero-order valence-electron chi connectivity index (χ0n) is 11.1. The number of aliphatic carboxylic acids is 1. The maximum atomic E-state index is 12.1. The van der Waals surface area contributed by atoms with Crippen molar-refractivity contribution in [3.63, 3.8) is 0 Å². The highest BCUT2D eigenvalue weighted by Gasteiger charge is 2.09. The Morgan fingerprint density at radius 3 is 2.55 bits per heavy atom. The lowest BCUT2D eigenvalue weighted by atomic mass is 10.2. The molecule has 114 valence electrons. The standard InChI is InChI=1S/C15H11Cl2NO4/c16-12-5-4-9(6-13(12)17)15(21)18-10-2-1-3-11(7-10)22-8-14(19)20/h1-7H,8H2,(H,18,21)(H,19,20)/p-1. The largest absolute Gasteiger partial charge is 0.546 e. The zero-order valence-corrected chi connectivity index (χ0v) is 12.6. The number of ether oxygens (including phenoxy) is 1. The lowest BCUT2D eigenvalue weighted by molar-refractivity contribution is -0.307. The fourth-order valence-electron chi connectivity index (χ4n) is 1.65. The van der Waals surface area contributed by atoms with Crippen molar-refractivity contribution in [1.29, 1.82) is 0 Å². The smallest absolute Gasteiger partial charge is 0.255 e. The van der Waals surface area contributed by atoms with Gasteiger partial charge >= 0.3 is 0 Å². The summed E-state index contributed by atoms with van der Waals surface area (Å²) in [5, 5.41) is 13.6. The number of benzene rings is 2. The second kappa shape index (κ2) is 7.15. The second-order valence-corrected chi connectivity index (χ2v) is 5.09. The van der Waals surface area contributed by atoms with Crippen LogP contribution in [0.5, 0.6) is 5.75 Å². The van der Waals surface area contributed by atoms with E-state index in [1.165, 1.54) is 18.2 Å². The van der Waals surface area contributed by atoms with E-state index >= 15 is 0 Å². The molecule has 0 aliphatic heterocycles. The number of hydrogen-bond donors (Lipinski definition) is 1. The van der Waals surface area contributed by atoms with Crippen molar-refractivity contribution < 1.29 is 19.4 Å². The second-order valence-electron chi connectivity index (χ2n) is 4.27. The van der Waals surface area contributed by atoms with E-state index < -0.39 is 12.6 Å². The van der Waals surface area contributed by atoms with E-state index in [9.17, 15) is 14.7 Å². The molecule has 0 saturated heterocycles. The van der Waals surface area contributed by atoms with Gasteiger partial charge in [0.1, 0.15) is 12.4 Å². The van der Waals surface area contributed by atoms with Crippen molar-refractivity contribution in [3.8, 4) is 5.75 Å². The molecule has 7 heteroatoms. The molecule has 2 aromatic rings. The molecule has 0 fully saturated rings. The highest BCUT2D eigenvalue weighted by atomic mass is 35.5. The van der Waals surface area contributed by atoms with Gasteiger partial charge in [0.2, 0.25) is 0 Å². The predicted octanol–water partition coefficient (Wildman–Crippen LogP) is 2.37. The molecule has 0 aromatic heterocycles. The van der Waals surface area contributed by atoms with Crippen LogP contribution in [0.1, 0.15) is 10.4 Å². The number of halogens is 2. The summed E-state index contributed by atoms with van der Waals surface area (Å²) >= 11 is 11.7. The van der Waals surface area contributed by atoms with Crippen molar-refractivity contribution in [2.24, 2.45) is 0 Å². The molecule has 1 amide bonds. The maximum absolute atomic E-state index is 12.1. The van der Waals surface area contributed by atoms with Crippen LogP contribution in [0.3, 0.4) is 0 Å². The minimum atomic E-state index is -1.33. The van der Waals surface area contributed by atoms with E-state index in [1.807, 2.05) is 0 Å². The van der Waals surface area contributed by atoms with E-state index in [2.05, 4.69) is 5.32 Å². The molecule has 0 spiro atoms. The molecule has 5 nitrogen and oxygen atoms in total. The van der Waals surface area contributed by atoms with Crippen LogP contribution in [0.4, 0.5) is 5.69 Å². The van der Waals surface area contributed by atoms with E-state index in [4.69, 9.17) is 27.9 Å². The topological polar surface area (TPSA) is 78.5 Å². The van der Waals surface area contributed by atoms with Gasteiger partial charge in [-0.2, -0.15) is 0 Å². The number of carbonyl (C=O) groups excluding carboxylic acids is 2. The first-order valence-electron chi connectivity index (χ1n) is 6.15. The van der Waals surface area contributed by atoms with Crippen molar-refractivity contribution >= 4 is 40.8 Å². The summed E-state index contributed by atoms with van der Waals surface area (Å²) in [4.78, 5) is 22.4. The Bertz CT molecular complexity index is 718. The minimum Gasteiger partial charge on any atom is -0.546 e. The van der Waals surface area contributed by atoms with Gasteiger partial charge in [-0.3, -0.25) is 4.79 Å². The van der Waals surface area contributed by atoms with Gasteiger partial charge in [-0.25, -0.2) is 0 Å². The van der Waals surface area contributed by atoms with Gasteiger partial charge in [-0.05, 0) is 30.3 Å². The van der Waals surface area contributed by atoms with Gasteiger partial charge in [0.05, 0.1) is 16.0 Å². The fourth-order valence-corrected chi connectivity index (χ4v) is 1.94. The molecular weight excluding hydrogens is 329 g/mol. The summed E-state index contributed by atoms with van der Waals surface area (Å²) in [5.41, 5.74) is 0.794. The first-order valence-corrected chi connectivity index (χ1v) is 6.90. The molecule has 0 atom stereocenters. The number of carbonyl (C=O) groups is 2. The van der Waals surface area contributed by atoms with Crippen molar-refractivity contribution in [2.45, 2.75) is 0 Å². The highest BCUT2D eigenvalue weighted by Crippen LogP contribution is 2.23. The Hall–Kier alpha value is -2.24. The average Bonchev–Trinajstić information content (AvgIpc) is 2.48. The molecular formula is C15H10Cl2NO4-. The van der Waals surface area contributed by atoms with Crippen molar-refractivity contribution in [3.05, 3.63) is 58.1 Å². The zero-order chi connectivity index (χ0) is 16.1. The van der Waals surface area contributed by atoms with E-state index in [0.29, 0.717) is 22.0 Å². The monoisotopic (exact) mass is 338 g/mol. The summed E-state index contributed by atoms with van der Waals surface area (Å²) in [5.74, 6) is -1.41. The summed E-state index contributed by atoms with van der Waals surface area (Å²) < 4.78 is 4.98. The van der Waals surface area contributed by atoms with Gasteiger partial charge in [-0.15, -0.1) is 0 Å². The normalized spacial score (nSPS) is 10.1. The predicted molar refractivity (Wildman–Crippen MR) is 81.4 cm³/mol. The molecule has 1 N–H and O–H groups in total. The van der Waals surface area contributed by atoms with Crippen molar-refractivity contribution in [2.75, 3.05) is 11.9 Å². The molecule has 0 unspecified atom stereocenters. The SMILES string of the molecule is O=C([O-])COc1cccc(NC(=O)c2ccc(Cl)c(Cl)c2)c1. The lowest BCUT2D eigenvalue weighted by Crippen LogP contribution is -2.28. The average molecular weight is 339 g/mol. The number of amides is 1. The molecule has 2 aromatic carbocycles. The Labute approximate surface area is 136 Å². The number of rotatable bonds is 5. The number of hydrogen-bond acceptors (Lipinski definition) is 4. The molecule has 2 rings (SSSR count). The number of nitrogens with one attached hydrogen (secondary N) is 1. The van der Waals surface area contributed by atoms with E-state index in [1.54, 1.807) is 24.3 Å². The summed E-state index contributed by atoms with van der Waals surface area (Å²) in [6, 6.07) is 10.8. The fraction of sp³-hybridized carbons (Fsp3) is 0.0667. The van der Waals surface area contributed by atoms with E-state index in [0.717, 1.165) is 0 Å². The van der Waals surface area contributed by atoms with Crippen LogP contribution >= 0.6 is 23.2 Å². The molecule has 0 bridgehead atoms. The van der Waals surface area contributed by atoms with Crippen LogP contribution in [-0.2, 0) is 4.79 Å². The maximum Gasteiger partial charge on any atom is 0.255 e. The van der Waals surface area contributed by atoms with Crippen molar-refractivity contribution in [1.82, 2.24) is 0 Å². The first kappa shape index (κ1) is 16.1. The lowest BCUT2D eigenvalue weighted by Gasteiger charge is -2.10. The van der Waals surface area contributed by atoms with Crippen LogP contribution in [-0.4, -0.2) is 18.5 Å². The third-order valence-electron chi connectivity index (χ3n) is 2.63. The van der Waals surface area contributed by atoms with Crippen LogP contribution < -0.4 is 15.2 Å². The van der Waals surface area contributed by atoms with Gasteiger partial charge in [0.25, 0.3) is 5.91 Å². The Morgan fingerprint density at radius 2 is 1.86 bits per heavy atom. The quantitative estimate of drug-likeness (QED) is 0.907. The van der Waals surface area contributed by atoms with Gasteiger partial charge in [-0.1, -0.05) is 29.3 Å². The Kier molecular flexibility index (Phi) is 5.25. The van der Waals surface area contributed by atoms with Crippen LogP contribution in [0, 0.1) is 0 Å². The Morgan fingerprint density at radius 1 is 1.09 bits per heavy atom. The molecule has 0 heterocycles. The summed E-state index contributed by atoms with van der Waals surface area (Å²) in [6.45, 7) is -0.565. The van der Waals surface area contributed by atoms with Crippen LogP contribution in [0.25, 0.3) is 0 Å². The number of carboxylic acids is 1. The van der Waals surface area contributed by atoms with Gasteiger partial charge in [0.15, 0.2) is 0 Å². The first-order chi connectivity index (χ1) is 10.5. The summed E-state index contributed by atoms with van der Waals surface area (Å²) in [7, 11) is 0. The summed E-state index contributed by atoms with van der Waals surface area (Å²) in [6.07, 6.45) is 0.